The van der Waals surface area contributed by atoms with Gasteiger partial charge < -0.3 is 0 Å². The van der Waals surface area contributed by atoms with Crippen LogP contribution in [0, 0.1) is 0 Å². The maximum Gasteiger partial charge on any atom is -0.000153 e. The van der Waals surface area contributed by atoms with Crippen LogP contribution in [-0.4, -0.2) is 0 Å². The van der Waals surface area contributed by atoms with Gasteiger partial charge in [-0.15, -0.1) is 0 Å². The van der Waals surface area contributed by atoms with E-state index in [1.54, 1.807) is 7.16 Å². The SMILES string of the molecule is CCC/C(I)=C(\I)CCC. The molecule has 0 amide bonds. The van der Waals surface area contributed by atoms with Crippen molar-refractivity contribution in [2.75, 3.05) is 0 Å². The normalized spacial score (nSPS) is 13.2. The fraction of sp³-hybridized carbons (Fsp3) is 0.750. The van der Waals surface area contributed by atoms with Gasteiger partial charge in [-0.05, 0) is 65.2 Å². The minimum absolute atomic E-state index is 1.26. The minimum atomic E-state index is 1.26. The van der Waals surface area contributed by atoms with Crippen LogP contribution < -0.4 is 0 Å². The van der Waals surface area contributed by atoms with Gasteiger partial charge in [-0.2, -0.15) is 0 Å². The van der Waals surface area contributed by atoms with Gasteiger partial charge in [0.05, 0.1) is 0 Å². The van der Waals surface area contributed by atoms with Crippen molar-refractivity contribution in [2.24, 2.45) is 0 Å². The molecule has 0 heterocycles. The Balaban J connectivity index is 3.79. The van der Waals surface area contributed by atoms with Crippen molar-refractivity contribution >= 4 is 45.2 Å². The summed E-state index contributed by atoms with van der Waals surface area (Å²) in [6.45, 7) is 4.46. The van der Waals surface area contributed by atoms with Crippen molar-refractivity contribution in [1.29, 1.82) is 0 Å². The lowest BCUT2D eigenvalue weighted by Crippen LogP contribution is -1.77. The van der Waals surface area contributed by atoms with Gasteiger partial charge in [-0.1, -0.05) is 26.7 Å². The number of halogens is 2. The summed E-state index contributed by atoms with van der Waals surface area (Å²) in [7, 11) is 0. The topological polar surface area (TPSA) is 0 Å². The Bertz CT molecular complexity index is 102. The van der Waals surface area contributed by atoms with Gasteiger partial charge >= 0.3 is 0 Å². The zero-order valence-corrected chi connectivity index (χ0v) is 10.9. The summed E-state index contributed by atoms with van der Waals surface area (Å²) < 4.78 is 3.12. The van der Waals surface area contributed by atoms with E-state index in [0.29, 0.717) is 0 Å². The quantitative estimate of drug-likeness (QED) is 0.637. The fourth-order valence-corrected chi connectivity index (χ4v) is 2.33. The lowest BCUT2D eigenvalue weighted by molar-refractivity contribution is 0.913. The summed E-state index contributed by atoms with van der Waals surface area (Å²) in [4.78, 5) is 0. The molecule has 2 heteroatoms. The first-order chi connectivity index (χ1) is 4.72. The largest absolute Gasteiger partial charge is 0.0650 e. The Morgan fingerprint density at radius 2 is 1.20 bits per heavy atom. The van der Waals surface area contributed by atoms with Crippen LogP contribution >= 0.6 is 45.2 Å². The van der Waals surface area contributed by atoms with Crippen LogP contribution in [0.3, 0.4) is 0 Å². The summed E-state index contributed by atoms with van der Waals surface area (Å²) in [5.41, 5.74) is 0. The molecule has 60 valence electrons. The van der Waals surface area contributed by atoms with Crippen LogP contribution in [0.25, 0.3) is 0 Å². The van der Waals surface area contributed by atoms with Crippen molar-refractivity contribution < 1.29 is 0 Å². The van der Waals surface area contributed by atoms with Crippen molar-refractivity contribution in [3.63, 3.8) is 0 Å². The van der Waals surface area contributed by atoms with Crippen LogP contribution in [0.1, 0.15) is 39.5 Å². The zero-order chi connectivity index (χ0) is 7.98. The molecule has 0 spiro atoms. The second-order valence-corrected chi connectivity index (χ2v) is 4.91. The van der Waals surface area contributed by atoms with Gasteiger partial charge in [-0.3, -0.25) is 0 Å². The summed E-state index contributed by atoms with van der Waals surface area (Å²) in [5, 5.41) is 0. The third-order valence-corrected chi connectivity index (χ3v) is 4.65. The molecule has 0 fully saturated rings. The van der Waals surface area contributed by atoms with Crippen molar-refractivity contribution in [3.8, 4) is 0 Å². The minimum Gasteiger partial charge on any atom is -0.0650 e. The van der Waals surface area contributed by atoms with Crippen molar-refractivity contribution in [1.82, 2.24) is 0 Å². The molecule has 0 aromatic rings. The molecule has 0 unspecified atom stereocenters. The summed E-state index contributed by atoms with van der Waals surface area (Å²) in [6.07, 6.45) is 5.07. The average molecular weight is 364 g/mol. The molecule has 0 aliphatic rings. The molecule has 0 nitrogen and oxygen atoms in total. The van der Waals surface area contributed by atoms with E-state index in [1.165, 1.54) is 25.7 Å². The van der Waals surface area contributed by atoms with E-state index in [9.17, 15) is 0 Å². The Labute approximate surface area is 91.1 Å². The lowest BCUT2D eigenvalue weighted by atomic mass is 10.2. The Morgan fingerprint density at radius 3 is 1.40 bits per heavy atom. The van der Waals surface area contributed by atoms with Gasteiger partial charge in [-0.25, -0.2) is 0 Å². The van der Waals surface area contributed by atoms with E-state index < -0.39 is 0 Å². The third-order valence-electron chi connectivity index (χ3n) is 1.23. The third kappa shape index (κ3) is 4.93. The average Bonchev–Trinajstić information content (AvgIpc) is 1.89. The highest BCUT2D eigenvalue weighted by Gasteiger charge is 1.97. The second-order valence-electron chi connectivity index (χ2n) is 2.31. The van der Waals surface area contributed by atoms with E-state index in [0.717, 1.165) is 0 Å². The Hall–Kier alpha value is 1.20. The molecule has 0 saturated heterocycles. The number of allylic oxidation sites excluding steroid dienone is 2. The molecule has 0 aliphatic carbocycles. The summed E-state index contributed by atoms with van der Waals surface area (Å²) >= 11 is 4.93. The Kier molecular flexibility index (Phi) is 7.71. The van der Waals surface area contributed by atoms with Gasteiger partial charge in [0.2, 0.25) is 0 Å². The number of rotatable bonds is 4. The van der Waals surface area contributed by atoms with E-state index in [4.69, 9.17) is 0 Å². The zero-order valence-electron chi connectivity index (χ0n) is 6.58. The molecular weight excluding hydrogens is 350 g/mol. The second kappa shape index (κ2) is 6.88. The standard InChI is InChI=1S/C8H14I2/c1-3-5-7(9)8(10)6-4-2/h3-6H2,1-2H3/b8-7+. The molecule has 0 rings (SSSR count). The van der Waals surface area contributed by atoms with Gasteiger partial charge in [0.15, 0.2) is 0 Å². The van der Waals surface area contributed by atoms with Crippen LogP contribution in [0.15, 0.2) is 7.16 Å². The van der Waals surface area contributed by atoms with Gasteiger partial charge in [0.25, 0.3) is 0 Å². The molecule has 0 N–H and O–H groups in total. The molecule has 0 atom stereocenters. The maximum atomic E-state index is 2.46. The van der Waals surface area contributed by atoms with Crippen LogP contribution in [-0.2, 0) is 0 Å². The van der Waals surface area contributed by atoms with E-state index >= 15 is 0 Å². The fourth-order valence-electron chi connectivity index (χ4n) is 0.710. The van der Waals surface area contributed by atoms with Crippen molar-refractivity contribution in [2.45, 2.75) is 39.5 Å². The van der Waals surface area contributed by atoms with E-state index in [2.05, 4.69) is 59.0 Å². The highest BCUT2D eigenvalue weighted by Crippen LogP contribution is 2.26. The first-order valence-electron chi connectivity index (χ1n) is 3.75. The smallest absolute Gasteiger partial charge is 0.000153 e. The highest BCUT2D eigenvalue weighted by atomic mass is 127. The maximum absolute atomic E-state index is 2.46. The summed E-state index contributed by atoms with van der Waals surface area (Å²) in [6, 6.07) is 0. The van der Waals surface area contributed by atoms with Crippen LogP contribution in [0.2, 0.25) is 0 Å². The molecule has 0 aromatic heterocycles. The molecule has 0 aliphatic heterocycles. The molecule has 0 radical (unpaired) electrons. The highest BCUT2D eigenvalue weighted by molar-refractivity contribution is 14.1. The first-order valence-corrected chi connectivity index (χ1v) is 5.91. The van der Waals surface area contributed by atoms with Crippen LogP contribution in [0.4, 0.5) is 0 Å². The number of hydrogen-bond donors (Lipinski definition) is 0. The molecule has 0 aromatic carbocycles. The first kappa shape index (κ1) is 11.2. The molecule has 10 heavy (non-hydrogen) atoms. The summed E-state index contributed by atoms with van der Waals surface area (Å²) in [5.74, 6) is 0. The van der Waals surface area contributed by atoms with E-state index in [-0.39, 0.29) is 0 Å². The predicted octanol–water partition coefficient (Wildman–Crippen LogP) is 4.67. The Morgan fingerprint density at radius 1 is 0.900 bits per heavy atom. The lowest BCUT2D eigenvalue weighted by Gasteiger charge is -2.00. The van der Waals surface area contributed by atoms with Gasteiger partial charge in [0, 0.05) is 0 Å². The molecule has 0 bridgehead atoms. The molecular formula is C8H14I2. The monoisotopic (exact) mass is 364 g/mol. The predicted molar refractivity (Wildman–Crippen MR) is 64.9 cm³/mol. The molecule has 0 saturated carbocycles. The van der Waals surface area contributed by atoms with Gasteiger partial charge in [0.1, 0.15) is 0 Å². The van der Waals surface area contributed by atoms with Crippen molar-refractivity contribution in [3.05, 3.63) is 7.16 Å². The number of hydrogen-bond acceptors (Lipinski definition) is 0. The van der Waals surface area contributed by atoms with E-state index in [1.807, 2.05) is 0 Å². The van der Waals surface area contributed by atoms with Crippen LogP contribution in [0.5, 0.6) is 0 Å².